The number of aromatic amines is 1. The molecule has 1 saturated carbocycles. The average molecular weight is 426 g/mol. The fourth-order valence-corrected chi connectivity index (χ4v) is 5.61. The number of phenols is 1. The van der Waals surface area contributed by atoms with Gasteiger partial charge in [0.2, 0.25) is 0 Å². The summed E-state index contributed by atoms with van der Waals surface area (Å²) in [5, 5.41) is 9.82. The number of benzene rings is 1. The summed E-state index contributed by atoms with van der Waals surface area (Å²) >= 11 is 0. The van der Waals surface area contributed by atoms with E-state index in [2.05, 4.69) is 45.6 Å². The largest absolute Gasteiger partial charge is 0.508 e. The van der Waals surface area contributed by atoms with Crippen LogP contribution in [0.1, 0.15) is 61.3 Å². The number of aromatic hydroxyl groups is 1. The van der Waals surface area contributed by atoms with Gasteiger partial charge in [-0.2, -0.15) is 0 Å². The molecule has 166 valence electrons. The van der Waals surface area contributed by atoms with E-state index in [1.165, 1.54) is 5.57 Å². The molecule has 1 saturated heterocycles. The fourth-order valence-electron chi connectivity index (χ4n) is 5.61. The molecule has 5 rings (SSSR count). The van der Waals surface area contributed by atoms with Crippen molar-refractivity contribution in [2.75, 3.05) is 19.6 Å². The Hall–Kier alpha value is -2.22. The Morgan fingerprint density at radius 3 is 2.87 bits per heavy atom. The monoisotopic (exact) mass is 425 g/mol. The maximum absolute atomic E-state index is 15.7. The topological polar surface area (TPSA) is 76.2 Å². The standard InChI is InChI=1S/C24H32FN5O/c1-3-14-11-16(31)5-6-17(14)18-7-8-19-22(21(18)25)28-29-23(19)24-26-12-20(27-24)15-9-10-30(4-2)13-15/h5-6,9,11-12,18-19,21-23,28-29,31H,3-4,7-8,10,13H2,1-2H3,(H,26,27). The molecule has 0 spiro atoms. The highest BCUT2D eigenvalue weighted by Gasteiger charge is 2.48. The molecular weight excluding hydrogens is 393 g/mol. The summed E-state index contributed by atoms with van der Waals surface area (Å²) in [4.78, 5) is 10.5. The molecule has 5 unspecified atom stereocenters. The van der Waals surface area contributed by atoms with Crippen LogP contribution in [0.4, 0.5) is 4.39 Å². The first kappa shape index (κ1) is 20.7. The van der Waals surface area contributed by atoms with Gasteiger partial charge in [-0.3, -0.25) is 10.3 Å². The van der Waals surface area contributed by atoms with E-state index in [1.54, 1.807) is 12.1 Å². The van der Waals surface area contributed by atoms with Gasteiger partial charge in [-0.25, -0.2) is 14.8 Å². The molecule has 2 fully saturated rings. The molecule has 6 nitrogen and oxygen atoms in total. The van der Waals surface area contributed by atoms with Crippen molar-refractivity contribution in [3.05, 3.63) is 53.1 Å². The van der Waals surface area contributed by atoms with E-state index in [1.807, 2.05) is 12.3 Å². The number of imidazole rings is 1. The summed E-state index contributed by atoms with van der Waals surface area (Å²) in [6, 6.07) is 5.08. The van der Waals surface area contributed by atoms with Gasteiger partial charge in [0.1, 0.15) is 17.7 Å². The highest BCUT2D eigenvalue weighted by Crippen LogP contribution is 2.45. The lowest BCUT2D eigenvalue weighted by molar-refractivity contribution is 0.135. The van der Waals surface area contributed by atoms with Crippen molar-refractivity contribution in [1.82, 2.24) is 25.7 Å². The Bertz CT molecular complexity index is 973. The van der Waals surface area contributed by atoms with E-state index in [0.717, 1.165) is 61.5 Å². The van der Waals surface area contributed by atoms with Gasteiger partial charge in [0, 0.05) is 24.9 Å². The van der Waals surface area contributed by atoms with Crippen LogP contribution < -0.4 is 10.9 Å². The third-order valence-corrected chi connectivity index (χ3v) is 7.41. The number of hydrogen-bond acceptors (Lipinski definition) is 5. The van der Waals surface area contributed by atoms with Gasteiger partial charge in [-0.05, 0) is 54.6 Å². The van der Waals surface area contributed by atoms with E-state index in [0.29, 0.717) is 0 Å². The zero-order valence-corrected chi connectivity index (χ0v) is 18.2. The number of hydrogen-bond donors (Lipinski definition) is 4. The van der Waals surface area contributed by atoms with E-state index < -0.39 is 6.17 Å². The van der Waals surface area contributed by atoms with Crippen LogP contribution in [0.25, 0.3) is 5.57 Å². The van der Waals surface area contributed by atoms with Gasteiger partial charge in [0.05, 0.1) is 24.0 Å². The van der Waals surface area contributed by atoms with Crippen LogP contribution in [0.15, 0.2) is 30.5 Å². The van der Waals surface area contributed by atoms with Crippen molar-refractivity contribution in [1.29, 1.82) is 0 Å². The molecule has 1 aromatic carbocycles. The third-order valence-electron chi connectivity index (χ3n) is 7.41. The molecule has 2 aliphatic heterocycles. The van der Waals surface area contributed by atoms with Crippen LogP contribution in [0, 0.1) is 5.92 Å². The number of nitrogens with zero attached hydrogens (tertiary/aromatic N) is 2. The van der Waals surface area contributed by atoms with Crippen molar-refractivity contribution in [2.45, 2.75) is 57.3 Å². The molecule has 1 aromatic heterocycles. The van der Waals surface area contributed by atoms with E-state index >= 15 is 4.39 Å². The van der Waals surface area contributed by atoms with Crippen molar-refractivity contribution < 1.29 is 9.50 Å². The SMILES string of the molecule is CCc1cc(O)ccc1C1CCC2C(c3ncc(C4=CCN(CC)C4)[nH]3)NNC2C1F. The zero-order valence-electron chi connectivity index (χ0n) is 18.2. The summed E-state index contributed by atoms with van der Waals surface area (Å²) in [5.41, 5.74) is 11.0. The Balaban J connectivity index is 1.32. The molecule has 0 amide bonds. The van der Waals surface area contributed by atoms with E-state index in [4.69, 9.17) is 0 Å². The van der Waals surface area contributed by atoms with Gasteiger partial charge in [-0.1, -0.05) is 26.0 Å². The van der Waals surface area contributed by atoms with E-state index in [-0.39, 0.29) is 29.7 Å². The Morgan fingerprint density at radius 1 is 1.23 bits per heavy atom. The number of rotatable bonds is 5. The minimum absolute atomic E-state index is 0.0207. The molecule has 0 bridgehead atoms. The minimum atomic E-state index is -0.990. The molecule has 5 atom stereocenters. The number of alkyl halides is 1. The first-order valence-corrected chi connectivity index (χ1v) is 11.5. The Kier molecular flexibility index (Phi) is 5.58. The molecule has 0 radical (unpaired) electrons. The van der Waals surface area contributed by atoms with Crippen LogP contribution in [-0.4, -0.2) is 51.8 Å². The second-order valence-electron chi connectivity index (χ2n) is 9.06. The molecule has 4 N–H and O–H groups in total. The molecule has 31 heavy (non-hydrogen) atoms. The third kappa shape index (κ3) is 3.69. The summed E-state index contributed by atoms with van der Waals surface area (Å²) in [7, 11) is 0. The fraction of sp³-hybridized carbons (Fsp3) is 0.542. The van der Waals surface area contributed by atoms with Gasteiger partial charge in [-0.15, -0.1) is 0 Å². The summed E-state index contributed by atoms with van der Waals surface area (Å²) in [6.07, 6.45) is 5.69. The minimum Gasteiger partial charge on any atom is -0.508 e. The molecule has 7 heteroatoms. The van der Waals surface area contributed by atoms with Crippen LogP contribution in [0.3, 0.4) is 0 Å². The van der Waals surface area contributed by atoms with Crippen LogP contribution in [-0.2, 0) is 6.42 Å². The number of aryl methyl sites for hydroxylation is 1. The first-order valence-electron chi connectivity index (χ1n) is 11.5. The highest BCUT2D eigenvalue weighted by molar-refractivity contribution is 5.65. The molecule has 2 aromatic rings. The smallest absolute Gasteiger partial charge is 0.125 e. The average Bonchev–Trinajstić information content (AvgIpc) is 3.52. The van der Waals surface area contributed by atoms with Gasteiger partial charge in [0.25, 0.3) is 0 Å². The predicted molar refractivity (Wildman–Crippen MR) is 119 cm³/mol. The van der Waals surface area contributed by atoms with E-state index in [9.17, 15) is 5.11 Å². The maximum atomic E-state index is 15.7. The summed E-state index contributed by atoms with van der Waals surface area (Å²) in [5.74, 6) is 1.13. The quantitative estimate of drug-likeness (QED) is 0.590. The molecular formula is C24H32FN5O. The number of phenolic OH excluding ortho intramolecular Hbond substituents is 1. The Morgan fingerprint density at radius 2 is 2.10 bits per heavy atom. The lowest BCUT2D eigenvalue weighted by Crippen LogP contribution is -2.45. The van der Waals surface area contributed by atoms with Crippen molar-refractivity contribution in [2.24, 2.45) is 5.92 Å². The van der Waals surface area contributed by atoms with Crippen molar-refractivity contribution in [3.63, 3.8) is 0 Å². The van der Waals surface area contributed by atoms with Gasteiger partial charge >= 0.3 is 0 Å². The highest BCUT2D eigenvalue weighted by atomic mass is 19.1. The second-order valence-corrected chi connectivity index (χ2v) is 9.06. The number of aromatic nitrogens is 2. The predicted octanol–water partition coefficient (Wildman–Crippen LogP) is 3.45. The molecule has 1 aliphatic carbocycles. The van der Waals surface area contributed by atoms with Crippen molar-refractivity contribution >= 4 is 5.57 Å². The number of likely N-dealkylation sites (N-methyl/N-ethyl adjacent to an activating group) is 1. The molecule has 3 heterocycles. The maximum Gasteiger partial charge on any atom is 0.125 e. The lowest BCUT2D eigenvalue weighted by atomic mass is 9.71. The van der Waals surface area contributed by atoms with Crippen LogP contribution >= 0.6 is 0 Å². The second kappa shape index (κ2) is 8.37. The summed E-state index contributed by atoms with van der Waals surface area (Å²) in [6.45, 7) is 7.20. The Labute approximate surface area is 182 Å². The van der Waals surface area contributed by atoms with Crippen LogP contribution in [0.5, 0.6) is 5.75 Å². The summed E-state index contributed by atoms with van der Waals surface area (Å²) < 4.78 is 15.7. The first-order chi connectivity index (χ1) is 15.1. The molecule has 3 aliphatic rings. The number of H-pyrrole nitrogens is 1. The number of nitrogens with one attached hydrogen (secondary N) is 3. The van der Waals surface area contributed by atoms with Gasteiger partial charge < -0.3 is 10.1 Å². The number of hydrazine groups is 1. The van der Waals surface area contributed by atoms with Crippen LogP contribution in [0.2, 0.25) is 0 Å². The van der Waals surface area contributed by atoms with Crippen molar-refractivity contribution in [3.8, 4) is 5.75 Å². The zero-order chi connectivity index (χ0) is 21.5. The van der Waals surface area contributed by atoms with Gasteiger partial charge in [0.15, 0.2) is 0 Å². The number of halogens is 1. The normalized spacial score (nSPS) is 31.1. The number of fused-ring (bicyclic) bond motifs is 1. The lowest BCUT2D eigenvalue weighted by Gasteiger charge is -2.36.